The van der Waals surface area contributed by atoms with Crippen molar-refractivity contribution in [3.8, 4) is 22.5 Å². The Hall–Kier alpha value is -4.55. The summed E-state index contributed by atoms with van der Waals surface area (Å²) in [6, 6.07) is 13.5. The maximum atomic E-state index is 14.2. The van der Waals surface area contributed by atoms with Gasteiger partial charge in [-0.3, -0.25) is 4.79 Å². The molecule has 3 heterocycles. The van der Waals surface area contributed by atoms with Crippen LogP contribution in [0.25, 0.3) is 28.2 Å². The molecule has 222 valence electrons. The van der Waals surface area contributed by atoms with Gasteiger partial charge in [-0.1, -0.05) is 17.7 Å². The Morgan fingerprint density at radius 2 is 1.88 bits per heavy atom. The molecule has 0 saturated carbocycles. The molecule has 0 fully saturated rings. The number of hydrogen-bond donors (Lipinski definition) is 2. The van der Waals surface area contributed by atoms with Crippen molar-refractivity contribution in [1.82, 2.24) is 19.6 Å². The first-order valence-corrected chi connectivity index (χ1v) is 13.5. The van der Waals surface area contributed by atoms with Crippen LogP contribution in [-0.4, -0.2) is 45.8 Å². The number of ether oxygens (including phenoxy) is 1. The van der Waals surface area contributed by atoms with Crippen molar-refractivity contribution in [3.63, 3.8) is 0 Å². The van der Waals surface area contributed by atoms with Gasteiger partial charge in [-0.15, -0.1) is 0 Å². The van der Waals surface area contributed by atoms with Gasteiger partial charge in [0.2, 0.25) is 0 Å². The average Bonchev–Trinajstić information content (AvgIpc) is 3.36. The van der Waals surface area contributed by atoms with E-state index in [1.807, 2.05) is 0 Å². The second-order valence-corrected chi connectivity index (χ2v) is 10.0. The number of pyridine rings is 1. The Balaban J connectivity index is 1.59. The third-order valence-electron chi connectivity index (χ3n) is 6.55. The van der Waals surface area contributed by atoms with Crippen LogP contribution in [0.15, 0.2) is 66.9 Å². The number of alkyl halides is 3. The summed E-state index contributed by atoms with van der Waals surface area (Å²) in [6.45, 7) is 2.76. The summed E-state index contributed by atoms with van der Waals surface area (Å²) in [5.41, 5.74) is 2.38. The summed E-state index contributed by atoms with van der Waals surface area (Å²) in [7, 11) is 1.62. The minimum Gasteiger partial charge on any atom is -0.385 e. The summed E-state index contributed by atoms with van der Waals surface area (Å²) < 4.78 is 60.4. The molecule has 0 aliphatic heterocycles. The summed E-state index contributed by atoms with van der Waals surface area (Å²) in [6.07, 6.45) is -2.44. The number of amides is 1. The fraction of sp³-hybridized carbons (Fsp3) is 0.200. The van der Waals surface area contributed by atoms with Crippen molar-refractivity contribution < 1.29 is 27.1 Å². The van der Waals surface area contributed by atoms with Gasteiger partial charge in [-0.25, -0.2) is 18.9 Å². The predicted octanol–water partition coefficient (Wildman–Crippen LogP) is 7.28. The van der Waals surface area contributed by atoms with Crippen molar-refractivity contribution in [2.45, 2.75) is 19.5 Å². The number of halogens is 5. The minimum absolute atomic E-state index is 0.0797. The van der Waals surface area contributed by atoms with E-state index < -0.39 is 17.6 Å². The Morgan fingerprint density at radius 1 is 1.07 bits per heavy atom. The molecule has 0 saturated heterocycles. The number of nitrogens with one attached hydrogen (secondary N) is 2. The van der Waals surface area contributed by atoms with E-state index in [1.54, 1.807) is 48.9 Å². The van der Waals surface area contributed by atoms with Gasteiger partial charge in [0.15, 0.2) is 10.8 Å². The molecule has 13 heteroatoms. The number of fused-ring (bicyclic) bond motifs is 1. The van der Waals surface area contributed by atoms with E-state index >= 15 is 0 Å². The highest BCUT2D eigenvalue weighted by Crippen LogP contribution is 2.36. The van der Waals surface area contributed by atoms with Crippen LogP contribution in [0.3, 0.4) is 0 Å². The molecule has 0 aliphatic rings. The van der Waals surface area contributed by atoms with Gasteiger partial charge in [0.1, 0.15) is 17.3 Å². The fourth-order valence-electron chi connectivity index (χ4n) is 4.49. The van der Waals surface area contributed by atoms with Crippen molar-refractivity contribution in [2.75, 3.05) is 30.9 Å². The molecule has 5 aromatic rings. The zero-order valence-electron chi connectivity index (χ0n) is 23.0. The van der Waals surface area contributed by atoms with Gasteiger partial charge in [0.25, 0.3) is 5.91 Å². The third kappa shape index (κ3) is 6.60. The Labute approximate surface area is 248 Å². The maximum absolute atomic E-state index is 14.2. The fourth-order valence-corrected chi connectivity index (χ4v) is 4.67. The first-order valence-electron chi connectivity index (χ1n) is 13.1. The van der Waals surface area contributed by atoms with Gasteiger partial charge >= 0.3 is 6.18 Å². The Morgan fingerprint density at radius 3 is 2.63 bits per heavy atom. The van der Waals surface area contributed by atoms with Crippen LogP contribution in [0.5, 0.6) is 0 Å². The molecule has 0 radical (unpaired) electrons. The smallest absolute Gasteiger partial charge is 0.385 e. The SMILES string of the molecule is COCCCNc1cc(Cl)nn2c(-c3ccnc(NC(=O)c4cccc(C(F)(F)F)c4)c3)c(-c3ccc(F)c(C)c3)nc12. The van der Waals surface area contributed by atoms with Crippen LogP contribution >= 0.6 is 11.6 Å². The summed E-state index contributed by atoms with van der Waals surface area (Å²) in [4.78, 5) is 21.9. The van der Waals surface area contributed by atoms with Crippen LogP contribution in [0.4, 0.5) is 29.1 Å². The van der Waals surface area contributed by atoms with Crippen LogP contribution in [0.2, 0.25) is 5.15 Å². The highest BCUT2D eigenvalue weighted by atomic mass is 35.5. The molecule has 8 nitrogen and oxygen atoms in total. The monoisotopic (exact) mass is 612 g/mol. The number of benzene rings is 2. The number of rotatable bonds is 9. The van der Waals surface area contributed by atoms with E-state index in [-0.39, 0.29) is 22.4 Å². The summed E-state index contributed by atoms with van der Waals surface area (Å²) in [5, 5.41) is 10.5. The maximum Gasteiger partial charge on any atom is 0.416 e. The quantitative estimate of drug-likeness (QED) is 0.134. The van der Waals surface area contributed by atoms with E-state index in [0.29, 0.717) is 52.6 Å². The van der Waals surface area contributed by atoms with Gasteiger partial charge in [-0.2, -0.15) is 18.3 Å². The highest BCUT2D eigenvalue weighted by molar-refractivity contribution is 6.29. The van der Waals surface area contributed by atoms with Crippen molar-refractivity contribution in [3.05, 3.63) is 94.5 Å². The molecule has 1 amide bonds. The molecule has 0 bridgehead atoms. The first kappa shape index (κ1) is 29.9. The summed E-state index contributed by atoms with van der Waals surface area (Å²) >= 11 is 6.41. The summed E-state index contributed by atoms with van der Waals surface area (Å²) in [5.74, 6) is -1.07. The number of carbonyl (C=O) groups is 1. The molecular formula is C30H25ClF4N6O2. The topological polar surface area (TPSA) is 93.4 Å². The van der Waals surface area contributed by atoms with Crippen molar-refractivity contribution >= 4 is 34.7 Å². The molecule has 2 N–H and O–H groups in total. The number of anilines is 2. The van der Waals surface area contributed by atoms with Gasteiger partial charge in [0, 0.05) is 49.2 Å². The largest absolute Gasteiger partial charge is 0.416 e. The van der Waals surface area contributed by atoms with Gasteiger partial charge in [-0.05, 0) is 67.4 Å². The molecule has 43 heavy (non-hydrogen) atoms. The lowest BCUT2D eigenvalue weighted by Gasteiger charge is -2.11. The molecule has 0 spiro atoms. The van der Waals surface area contributed by atoms with Crippen molar-refractivity contribution in [1.29, 1.82) is 0 Å². The number of aryl methyl sites for hydroxylation is 1. The number of hydrogen-bond acceptors (Lipinski definition) is 6. The molecule has 2 aromatic carbocycles. The number of methoxy groups -OCH3 is 1. The first-order chi connectivity index (χ1) is 20.5. The third-order valence-corrected chi connectivity index (χ3v) is 6.74. The van der Waals surface area contributed by atoms with Gasteiger partial charge in [0.05, 0.1) is 16.9 Å². The minimum atomic E-state index is -4.60. The number of aromatic nitrogens is 4. The Bertz CT molecular complexity index is 1810. The molecule has 0 aliphatic carbocycles. The predicted molar refractivity (Wildman–Crippen MR) is 156 cm³/mol. The lowest BCUT2D eigenvalue weighted by Crippen LogP contribution is -2.14. The van der Waals surface area contributed by atoms with E-state index in [1.165, 1.54) is 18.3 Å². The second kappa shape index (κ2) is 12.4. The molecule has 0 unspecified atom stereocenters. The normalized spacial score (nSPS) is 11.6. The standard InChI is InChI=1S/C30H25ClF4N6O2/c1-17-13-18(7-8-22(17)32)26-27(41-28(39-26)23(16-24(31)40-41)36-10-4-12-43-2)19-9-11-37-25(15-19)38-29(42)20-5-3-6-21(14-20)30(33,34)35/h3,5-9,11,13-16,36H,4,10,12H2,1-2H3,(H,37,38,42). The number of carbonyl (C=O) groups excluding carboxylic acids is 1. The number of nitrogens with zero attached hydrogens (tertiary/aromatic N) is 4. The van der Waals surface area contributed by atoms with Crippen LogP contribution in [0, 0.1) is 12.7 Å². The second-order valence-electron chi connectivity index (χ2n) is 9.62. The van der Waals surface area contributed by atoms with E-state index in [2.05, 4.69) is 20.7 Å². The lowest BCUT2D eigenvalue weighted by molar-refractivity contribution is -0.137. The van der Waals surface area contributed by atoms with Crippen LogP contribution in [-0.2, 0) is 10.9 Å². The van der Waals surface area contributed by atoms with Crippen LogP contribution < -0.4 is 10.6 Å². The Kier molecular flexibility index (Phi) is 8.60. The lowest BCUT2D eigenvalue weighted by atomic mass is 10.0. The van der Waals surface area contributed by atoms with Crippen LogP contribution in [0.1, 0.15) is 27.9 Å². The molecule has 5 rings (SSSR count). The van der Waals surface area contributed by atoms with Gasteiger partial charge < -0.3 is 15.4 Å². The van der Waals surface area contributed by atoms with Crippen molar-refractivity contribution in [2.24, 2.45) is 0 Å². The molecule has 0 atom stereocenters. The van der Waals surface area contributed by atoms with E-state index in [4.69, 9.17) is 21.3 Å². The van der Waals surface area contributed by atoms with E-state index in [9.17, 15) is 22.4 Å². The zero-order valence-corrected chi connectivity index (χ0v) is 23.7. The molecular weight excluding hydrogens is 588 g/mol. The van der Waals surface area contributed by atoms with E-state index in [0.717, 1.165) is 24.6 Å². The zero-order chi connectivity index (χ0) is 30.7. The number of imidazole rings is 1. The average molecular weight is 613 g/mol. The highest BCUT2D eigenvalue weighted by Gasteiger charge is 2.31. The molecule has 3 aromatic heterocycles.